The fourth-order valence-electron chi connectivity index (χ4n) is 1.55. The van der Waals surface area contributed by atoms with Crippen molar-refractivity contribution >= 4 is 5.78 Å². The van der Waals surface area contributed by atoms with E-state index in [2.05, 4.69) is 18.7 Å². The summed E-state index contributed by atoms with van der Waals surface area (Å²) in [6.45, 7) is 7.84. The quantitative estimate of drug-likeness (QED) is 0.540. The maximum atomic E-state index is 11.6. The molecule has 0 aliphatic heterocycles. The van der Waals surface area contributed by atoms with E-state index in [1.807, 2.05) is 25.1 Å². The standard InChI is InChI=1S/C16H20O2/c1-4-18-15(12-16(17)13(2)3)11-10-14-8-6-5-7-9-14/h5-9,12H,2,4,10-11H2,1,3H3/b15-12+. The van der Waals surface area contributed by atoms with Crippen LogP contribution in [0.2, 0.25) is 0 Å². The highest BCUT2D eigenvalue weighted by Gasteiger charge is 2.04. The molecule has 0 aromatic heterocycles. The van der Waals surface area contributed by atoms with Crippen molar-refractivity contribution in [1.29, 1.82) is 0 Å². The first-order valence-corrected chi connectivity index (χ1v) is 6.20. The molecular formula is C16H20O2. The highest BCUT2D eigenvalue weighted by molar-refractivity contribution is 6.03. The molecular weight excluding hydrogens is 224 g/mol. The minimum atomic E-state index is -0.0634. The summed E-state index contributed by atoms with van der Waals surface area (Å²) in [7, 11) is 0. The molecule has 0 aliphatic carbocycles. The van der Waals surface area contributed by atoms with Crippen LogP contribution < -0.4 is 0 Å². The van der Waals surface area contributed by atoms with Gasteiger partial charge in [-0.05, 0) is 31.4 Å². The van der Waals surface area contributed by atoms with Gasteiger partial charge in [0.1, 0.15) is 5.76 Å². The van der Waals surface area contributed by atoms with Gasteiger partial charge in [0.15, 0.2) is 5.78 Å². The molecule has 0 amide bonds. The maximum Gasteiger partial charge on any atom is 0.184 e. The molecule has 0 heterocycles. The molecule has 0 atom stereocenters. The zero-order chi connectivity index (χ0) is 13.4. The Kier molecular flexibility index (Phi) is 5.92. The van der Waals surface area contributed by atoms with Crippen LogP contribution in [0.5, 0.6) is 0 Å². The summed E-state index contributed by atoms with van der Waals surface area (Å²) >= 11 is 0. The molecule has 96 valence electrons. The molecule has 0 N–H and O–H groups in total. The Morgan fingerprint density at radius 3 is 2.56 bits per heavy atom. The lowest BCUT2D eigenvalue weighted by Gasteiger charge is -2.08. The second-order valence-electron chi connectivity index (χ2n) is 4.17. The van der Waals surface area contributed by atoms with Crippen LogP contribution in [0, 0.1) is 0 Å². The smallest absolute Gasteiger partial charge is 0.184 e. The summed E-state index contributed by atoms with van der Waals surface area (Å²) in [5.74, 6) is 0.667. The van der Waals surface area contributed by atoms with Crippen LogP contribution in [0.4, 0.5) is 0 Å². The number of benzene rings is 1. The highest BCUT2D eigenvalue weighted by atomic mass is 16.5. The zero-order valence-electron chi connectivity index (χ0n) is 11.1. The lowest BCUT2D eigenvalue weighted by Crippen LogP contribution is -2.01. The molecule has 0 fully saturated rings. The first kappa shape index (κ1) is 14.2. The fraction of sp³-hybridized carbons (Fsp3) is 0.312. The number of ether oxygens (including phenoxy) is 1. The third kappa shape index (κ3) is 5.00. The number of rotatable bonds is 7. The summed E-state index contributed by atoms with van der Waals surface area (Å²) in [6, 6.07) is 10.2. The number of ketones is 1. The normalized spacial score (nSPS) is 11.1. The predicted molar refractivity (Wildman–Crippen MR) is 74.3 cm³/mol. The van der Waals surface area contributed by atoms with E-state index in [9.17, 15) is 4.79 Å². The Balaban J connectivity index is 2.63. The molecule has 2 nitrogen and oxygen atoms in total. The molecule has 2 heteroatoms. The van der Waals surface area contributed by atoms with Crippen LogP contribution in [0.25, 0.3) is 0 Å². The first-order chi connectivity index (χ1) is 8.63. The molecule has 1 rings (SSSR count). The van der Waals surface area contributed by atoms with Gasteiger partial charge in [0.25, 0.3) is 0 Å². The van der Waals surface area contributed by atoms with Gasteiger partial charge >= 0.3 is 0 Å². The van der Waals surface area contributed by atoms with E-state index in [1.165, 1.54) is 5.56 Å². The van der Waals surface area contributed by atoms with Crippen molar-refractivity contribution < 1.29 is 9.53 Å². The van der Waals surface area contributed by atoms with E-state index in [4.69, 9.17) is 4.74 Å². The Morgan fingerprint density at radius 2 is 2.00 bits per heavy atom. The number of carbonyl (C=O) groups excluding carboxylic acids is 1. The molecule has 0 spiro atoms. The summed E-state index contributed by atoms with van der Waals surface area (Å²) in [5, 5.41) is 0. The van der Waals surface area contributed by atoms with E-state index < -0.39 is 0 Å². The van der Waals surface area contributed by atoms with Crippen LogP contribution >= 0.6 is 0 Å². The van der Waals surface area contributed by atoms with Crippen molar-refractivity contribution in [3.05, 3.63) is 59.9 Å². The van der Waals surface area contributed by atoms with Crippen molar-refractivity contribution in [2.75, 3.05) is 6.61 Å². The Hall–Kier alpha value is -1.83. The van der Waals surface area contributed by atoms with Gasteiger partial charge in [0.2, 0.25) is 0 Å². The second-order valence-corrected chi connectivity index (χ2v) is 4.17. The topological polar surface area (TPSA) is 26.3 Å². The third-order valence-electron chi connectivity index (χ3n) is 2.55. The number of hydrogen-bond acceptors (Lipinski definition) is 2. The number of hydrogen-bond donors (Lipinski definition) is 0. The molecule has 0 saturated carbocycles. The zero-order valence-corrected chi connectivity index (χ0v) is 11.1. The molecule has 18 heavy (non-hydrogen) atoms. The van der Waals surface area contributed by atoms with Gasteiger partial charge in [-0.1, -0.05) is 36.9 Å². The lowest BCUT2D eigenvalue weighted by atomic mass is 10.1. The van der Waals surface area contributed by atoms with Gasteiger partial charge in [-0.2, -0.15) is 0 Å². The monoisotopic (exact) mass is 244 g/mol. The van der Waals surface area contributed by atoms with Crippen LogP contribution in [0.3, 0.4) is 0 Å². The minimum Gasteiger partial charge on any atom is -0.498 e. The molecule has 0 saturated heterocycles. The molecule has 0 radical (unpaired) electrons. The molecule has 0 aliphatic rings. The van der Waals surface area contributed by atoms with Crippen LogP contribution in [-0.4, -0.2) is 12.4 Å². The summed E-state index contributed by atoms with van der Waals surface area (Å²) < 4.78 is 5.48. The van der Waals surface area contributed by atoms with Crippen LogP contribution in [-0.2, 0) is 16.0 Å². The van der Waals surface area contributed by atoms with Crippen molar-refractivity contribution in [3.63, 3.8) is 0 Å². The van der Waals surface area contributed by atoms with Gasteiger partial charge in [-0.3, -0.25) is 4.79 Å². The van der Waals surface area contributed by atoms with Crippen molar-refractivity contribution in [1.82, 2.24) is 0 Å². The van der Waals surface area contributed by atoms with Gasteiger partial charge in [0.05, 0.1) is 6.61 Å². The third-order valence-corrected chi connectivity index (χ3v) is 2.55. The van der Waals surface area contributed by atoms with Crippen LogP contribution in [0.1, 0.15) is 25.8 Å². The van der Waals surface area contributed by atoms with Gasteiger partial charge in [-0.15, -0.1) is 0 Å². The molecule has 1 aromatic rings. The Labute approximate surface area is 109 Å². The maximum absolute atomic E-state index is 11.6. The summed E-state index contributed by atoms with van der Waals surface area (Å²) in [5.41, 5.74) is 1.78. The van der Waals surface area contributed by atoms with E-state index in [1.54, 1.807) is 13.0 Å². The lowest BCUT2D eigenvalue weighted by molar-refractivity contribution is -0.111. The van der Waals surface area contributed by atoms with Gasteiger partial charge in [-0.25, -0.2) is 0 Å². The molecule has 0 bridgehead atoms. The van der Waals surface area contributed by atoms with E-state index in [0.29, 0.717) is 12.2 Å². The predicted octanol–water partition coefficient (Wildman–Crippen LogP) is 3.68. The van der Waals surface area contributed by atoms with E-state index >= 15 is 0 Å². The van der Waals surface area contributed by atoms with Gasteiger partial charge < -0.3 is 4.74 Å². The average Bonchev–Trinajstić information content (AvgIpc) is 2.37. The largest absolute Gasteiger partial charge is 0.498 e. The average molecular weight is 244 g/mol. The Bertz CT molecular complexity index is 430. The van der Waals surface area contributed by atoms with Crippen molar-refractivity contribution in [3.8, 4) is 0 Å². The highest BCUT2D eigenvalue weighted by Crippen LogP contribution is 2.11. The first-order valence-electron chi connectivity index (χ1n) is 6.20. The summed E-state index contributed by atoms with van der Waals surface area (Å²) in [6.07, 6.45) is 3.15. The molecule has 0 unspecified atom stereocenters. The minimum absolute atomic E-state index is 0.0634. The van der Waals surface area contributed by atoms with Crippen LogP contribution in [0.15, 0.2) is 54.3 Å². The van der Waals surface area contributed by atoms with Crippen molar-refractivity contribution in [2.24, 2.45) is 0 Å². The van der Waals surface area contributed by atoms with E-state index in [-0.39, 0.29) is 5.78 Å². The van der Waals surface area contributed by atoms with Gasteiger partial charge in [0, 0.05) is 12.5 Å². The summed E-state index contributed by atoms with van der Waals surface area (Å²) in [4.78, 5) is 11.6. The number of aryl methyl sites for hydroxylation is 1. The SMILES string of the molecule is C=C(C)C(=O)/C=C(\CCc1ccccc1)OCC. The van der Waals surface area contributed by atoms with E-state index in [0.717, 1.165) is 18.6 Å². The Morgan fingerprint density at radius 1 is 1.33 bits per heavy atom. The molecule has 1 aromatic carbocycles. The van der Waals surface area contributed by atoms with Crippen molar-refractivity contribution in [2.45, 2.75) is 26.7 Å². The number of carbonyl (C=O) groups is 1. The number of allylic oxidation sites excluding steroid dienone is 3. The fourth-order valence-corrected chi connectivity index (χ4v) is 1.55. The second kappa shape index (κ2) is 7.49.